The van der Waals surface area contributed by atoms with Gasteiger partial charge in [-0.3, -0.25) is 4.98 Å². The summed E-state index contributed by atoms with van der Waals surface area (Å²) < 4.78 is 0. The van der Waals surface area contributed by atoms with E-state index in [1.165, 1.54) is 6.20 Å². The summed E-state index contributed by atoms with van der Waals surface area (Å²) in [6.07, 6.45) is 5.02. The zero-order valence-electron chi connectivity index (χ0n) is 10.0. The van der Waals surface area contributed by atoms with E-state index in [0.717, 1.165) is 5.56 Å². The number of rotatable bonds is 3. The molecule has 0 amide bonds. The fourth-order valence-electron chi connectivity index (χ4n) is 1.69. The lowest BCUT2D eigenvalue weighted by Crippen LogP contribution is -2.19. The van der Waals surface area contributed by atoms with E-state index in [1.807, 2.05) is 30.1 Å². The van der Waals surface area contributed by atoms with E-state index < -0.39 is 0 Å². The van der Waals surface area contributed by atoms with Crippen LogP contribution in [0.2, 0.25) is 0 Å². The summed E-state index contributed by atoms with van der Waals surface area (Å²) in [5.74, 6) is 0.672. The molecule has 18 heavy (non-hydrogen) atoms. The number of aromatic nitrogens is 2. The Morgan fingerprint density at radius 2 is 2.11 bits per heavy atom. The van der Waals surface area contributed by atoms with Gasteiger partial charge in [-0.05, 0) is 23.8 Å². The van der Waals surface area contributed by atoms with Crippen LogP contribution >= 0.6 is 0 Å². The molecule has 2 rings (SSSR count). The van der Waals surface area contributed by atoms with E-state index in [0.29, 0.717) is 23.6 Å². The molecular weight excluding hydrogens is 226 g/mol. The van der Waals surface area contributed by atoms with Crippen molar-refractivity contribution in [3.8, 4) is 6.07 Å². The predicted octanol–water partition coefficient (Wildman–Crippen LogP) is 1.57. The number of anilines is 2. The Balaban J connectivity index is 2.19. The fraction of sp³-hybridized carbons (Fsp3) is 0.154. The summed E-state index contributed by atoms with van der Waals surface area (Å²) >= 11 is 0. The minimum absolute atomic E-state index is 0.466. The van der Waals surface area contributed by atoms with E-state index in [1.54, 1.807) is 18.5 Å². The Morgan fingerprint density at radius 1 is 1.39 bits per heavy atom. The Labute approximate surface area is 106 Å². The Bertz CT molecular complexity index is 574. The van der Waals surface area contributed by atoms with Gasteiger partial charge in [0.25, 0.3) is 0 Å². The monoisotopic (exact) mass is 239 g/mol. The Kier molecular flexibility index (Phi) is 3.39. The smallest absolute Gasteiger partial charge is 0.151 e. The molecule has 2 aromatic rings. The second kappa shape index (κ2) is 5.15. The largest absolute Gasteiger partial charge is 0.396 e. The van der Waals surface area contributed by atoms with E-state index in [9.17, 15) is 0 Å². The van der Waals surface area contributed by atoms with Crippen molar-refractivity contribution in [3.05, 3.63) is 47.9 Å². The molecule has 2 aromatic heterocycles. The minimum Gasteiger partial charge on any atom is -0.396 e. The Morgan fingerprint density at radius 3 is 2.72 bits per heavy atom. The normalized spacial score (nSPS) is 9.78. The van der Waals surface area contributed by atoms with Gasteiger partial charge in [0.2, 0.25) is 0 Å². The number of nitrogen functional groups attached to an aromatic ring is 1. The molecule has 0 radical (unpaired) electrons. The number of nitrogens with two attached hydrogens (primary N) is 1. The van der Waals surface area contributed by atoms with Crippen LogP contribution in [0.15, 0.2) is 36.8 Å². The van der Waals surface area contributed by atoms with Gasteiger partial charge in [-0.25, -0.2) is 4.98 Å². The van der Waals surface area contributed by atoms with Crippen molar-refractivity contribution < 1.29 is 0 Å². The molecule has 0 unspecified atom stereocenters. The van der Waals surface area contributed by atoms with Crippen LogP contribution in [0.25, 0.3) is 0 Å². The molecule has 0 aliphatic rings. The molecule has 0 saturated carbocycles. The highest BCUT2D eigenvalue weighted by atomic mass is 15.2. The lowest BCUT2D eigenvalue weighted by molar-refractivity contribution is 0.897. The van der Waals surface area contributed by atoms with Gasteiger partial charge in [-0.2, -0.15) is 5.26 Å². The maximum atomic E-state index is 8.76. The summed E-state index contributed by atoms with van der Waals surface area (Å²) in [5, 5.41) is 8.76. The highest BCUT2D eigenvalue weighted by molar-refractivity contribution is 5.64. The lowest BCUT2D eigenvalue weighted by Gasteiger charge is -2.19. The van der Waals surface area contributed by atoms with Crippen LogP contribution < -0.4 is 10.6 Å². The summed E-state index contributed by atoms with van der Waals surface area (Å²) in [4.78, 5) is 10.1. The first-order valence-electron chi connectivity index (χ1n) is 5.46. The van der Waals surface area contributed by atoms with E-state index in [2.05, 4.69) is 9.97 Å². The maximum Gasteiger partial charge on any atom is 0.151 e. The standard InChI is InChI=1S/C13H13N5/c1-18(9-10-2-4-16-5-3-10)13-12(15)6-11(7-14)8-17-13/h2-6,8H,9,15H2,1H3. The van der Waals surface area contributed by atoms with Crippen LogP contribution in [0.1, 0.15) is 11.1 Å². The van der Waals surface area contributed by atoms with E-state index in [-0.39, 0.29) is 0 Å². The predicted molar refractivity (Wildman–Crippen MR) is 69.7 cm³/mol. The molecule has 0 saturated heterocycles. The molecule has 0 atom stereocenters. The van der Waals surface area contributed by atoms with Crippen molar-refractivity contribution >= 4 is 11.5 Å². The molecule has 0 aliphatic heterocycles. The van der Waals surface area contributed by atoms with Crippen molar-refractivity contribution in [1.82, 2.24) is 9.97 Å². The van der Waals surface area contributed by atoms with Gasteiger partial charge in [0.1, 0.15) is 6.07 Å². The molecule has 0 aromatic carbocycles. The number of nitriles is 1. The summed E-state index contributed by atoms with van der Waals surface area (Å²) in [6.45, 7) is 0.686. The summed E-state index contributed by atoms with van der Waals surface area (Å²) in [7, 11) is 1.91. The molecule has 5 heteroatoms. The molecule has 0 spiro atoms. The highest BCUT2D eigenvalue weighted by Crippen LogP contribution is 2.21. The molecule has 90 valence electrons. The van der Waals surface area contributed by atoms with Crippen LogP contribution in [-0.4, -0.2) is 17.0 Å². The zero-order chi connectivity index (χ0) is 13.0. The number of hydrogen-bond donors (Lipinski definition) is 1. The van der Waals surface area contributed by atoms with Crippen molar-refractivity contribution in [1.29, 1.82) is 5.26 Å². The minimum atomic E-state index is 0.466. The van der Waals surface area contributed by atoms with Gasteiger partial charge in [0.15, 0.2) is 5.82 Å². The van der Waals surface area contributed by atoms with Gasteiger partial charge in [0, 0.05) is 32.2 Å². The molecule has 0 aliphatic carbocycles. The SMILES string of the molecule is CN(Cc1ccncc1)c1ncc(C#N)cc1N. The third-order valence-corrected chi connectivity index (χ3v) is 2.55. The van der Waals surface area contributed by atoms with E-state index >= 15 is 0 Å². The van der Waals surface area contributed by atoms with Crippen LogP contribution in [0.3, 0.4) is 0 Å². The number of hydrogen-bond acceptors (Lipinski definition) is 5. The molecule has 5 nitrogen and oxygen atoms in total. The first-order chi connectivity index (χ1) is 8.70. The van der Waals surface area contributed by atoms with Gasteiger partial charge in [0.05, 0.1) is 11.3 Å². The highest BCUT2D eigenvalue weighted by Gasteiger charge is 2.08. The second-order valence-corrected chi connectivity index (χ2v) is 3.96. The van der Waals surface area contributed by atoms with Crippen molar-refractivity contribution in [2.24, 2.45) is 0 Å². The average molecular weight is 239 g/mol. The van der Waals surface area contributed by atoms with Crippen LogP contribution in [-0.2, 0) is 6.54 Å². The number of pyridine rings is 2. The first-order valence-corrected chi connectivity index (χ1v) is 5.46. The molecule has 0 fully saturated rings. The quantitative estimate of drug-likeness (QED) is 0.879. The van der Waals surface area contributed by atoms with Gasteiger partial charge >= 0.3 is 0 Å². The van der Waals surface area contributed by atoms with Crippen LogP contribution in [0.5, 0.6) is 0 Å². The lowest BCUT2D eigenvalue weighted by atomic mass is 10.2. The molecule has 0 bridgehead atoms. The number of nitrogens with zero attached hydrogens (tertiary/aromatic N) is 4. The zero-order valence-corrected chi connectivity index (χ0v) is 10.0. The van der Waals surface area contributed by atoms with E-state index in [4.69, 9.17) is 11.0 Å². The van der Waals surface area contributed by atoms with Crippen molar-refractivity contribution in [2.75, 3.05) is 17.7 Å². The second-order valence-electron chi connectivity index (χ2n) is 3.96. The summed E-state index contributed by atoms with van der Waals surface area (Å²) in [6, 6.07) is 7.53. The fourth-order valence-corrected chi connectivity index (χ4v) is 1.69. The van der Waals surface area contributed by atoms with Crippen molar-refractivity contribution in [3.63, 3.8) is 0 Å². The summed E-state index contributed by atoms with van der Waals surface area (Å²) in [5.41, 5.74) is 7.98. The maximum absolute atomic E-state index is 8.76. The van der Waals surface area contributed by atoms with Crippen LogP contribution in [0.4, 0.5) is 11.5 Å². The van der Waals surface area contributed by atoms with Gasteiger partial charge in [-0.1, -0.05) is 0 Å². The van der Waals surface area contributed by atoms with Crippen molar-refractivity contribution in [2.45, 2.75) is 6.54 Å². The first kappa shape index (κ1) is 11.9. The third kappa shape index (κ3) is 2.55. The third-order valence-electron chi connectivity index (χ3n) is 2.55. The van der Waals surface area contributed by atoms with Gasteiger partial charge in [-0.15, -0.1) is 0 Å². The molecule has 2 N–H and O–H groups in total. The molecular formula is C13H13N5. The Hall–Kier alpha value is -2.61. The van der Waals surface area contributed by atoms with Gasteiger partial charge < -0.3 is 10.6 Å². The molecule has 2 heterocycles. The average Bonchev–Trinajstić information content (AvgIpc) is 2.39. The van der Waals surface area contributed by atoms with Crippen LogP contribution in [0, 0.1) is 11.3 Å². The topological polar surface area (TPSA) is 78.8 Å².